The van der Waals surface area contributed by atoms with Crippen LogP contribution >= 0.6 is 38.9 Å². The lowest BCUT2D eigenvalue weighted by Crippen LogP contribution is -1.91. The zero-order valence-electron chi connectivity index (χ0n) is 8.79. The summed E-state index contributed by atoms with van der Waals surface area (Å²) in [6.45, 7) is 0. The Balaban J connectivity index is 2.36. The number of ether oxygens (including phenoxy) is 1. The maximum absolute atomic E-state index is 13.4. The molecule has 0 saturated carbocycles. The lowest BCUT2D eigenvalue weighted by atomic mass is 10.3. The van der Waals surface area contributed by atoms with Gasteiger partial charge in [0.15, 0.2) is 21.6 Å². The van der Waals surface area contributed by atoms with E-state index < -0.39 is 23.4 Å². The molecule has 0 aliphatic heterocycles. The molecule has 0 aliphatic carbocycles. The van der Waals surface area contributed by atoms with Gasteiger partial charge in [-0.2, -0.15) is 9.37 Å². The molecule has 4 nitrogen and oxygen atoms in total. The average Bonchev–Trinajstić information content (AvgIpc) is 2.66. The zero-order valence-corrected chi connectivity index (χ0v) is 11.9. The Hall–Kier alpha value is -1.25. The van der Waals surface area contributed by atoms with Crippen LogP contribution in [0.2, 0.25) is 5.15 Å². The van der Waals surface area contributed by atoms with Crippen LogP contribution in [0.5, 0.6) is 10.9 Å². The monoisotopic (exact) mass is 369 g/mol. The SMILES string of the molecule is O=C(O)c1sc(Oc2cc(Br)cc(F)c2F)nc1Cl. The molecule has 0 aliphatic rings. The minimum atomic E-state index is -1.28. The van der Waals surface area contributed by atoms with E-state index in [1.807, 2.05) is 0 Å². The summed E-state index contributed by atoms with van der Waals surface area (Å²) in [5.41, 5.74) is 0. The number of hydrogen-bond donors (Lipinski definition) is 1. The average molecular weight is 371 g/mol. The minimum absolute atomic E-state index is 0.196. The molecule has 0 unspecified atom stereocenters. The van der Waals surface area contributed by atoms with Crippen LogP contribution in [0, 0.1) is 11.6 Å². The van der Waals surface area contributed by atoms with E-state index in [1.165, 1.54) is 6.07 Å². The maximum Gasteiger partial charge on any atom is 0.349 e. The van der Waals surface area contributed by atoms with Gasteiger partial charge in [-0.25, -0.2) is 9.18 Å². The van der Waals surface area contributed by atoms with Gasteiger partial charge in [-0.3, -0.25) is 0 Å². The largest absolute Gasteiger partial charge is 0.477 e. The fourth-order valence-electron chi connectivity index (χ4n) is 1.16. The van der Waals surface area contributed by atoms with Crippen LogP contribution in [-0.2, 0) is 0 Å². The summed E-state index contributed by atoms with van der Waals surface area (Å²) in [4.78, 5) is 14.1. The second-order valence-corrected chi connectivity index (χ2v) is 5.44. The van der Waals surface area contributed by atoms with E-state index in [-0.39, 0.29) is 19.7 Å². The van der Waals surface area contributed by atoms with Crippen LogP contribution in [0.15, 0.2) is 16.6 Å². The van der Waals surface area contributed by atoms with Gasteiger partial charge in [-0.15, -0.1) is 0 Å². The predicted molar refractivity (Wildman–Crippen MR) is 68.2 cm³/mol. The Bertz CT molecular complexity index is 664. The van der Waals surface area contributed by atoms with Gasteiger partial charge in [-0.05, 0) is 12.1 Å². The third kappa shape index (κ3) is 3.02. The number of carboxylic acids is 1. The molecule has 1 heterocycles. The van der Waals surface area contributed by atoms with Crippen molar-refractivity contribution in [2.45, 2.75) is 0 Å². The summed E-state index contributed by atoms with van der Waals surface area (Å²) in [6, 6.07) is 2.12. The first-order valence-electron chi connectivity index (χ1n) is 4.60. The number of thiazole rings is 1. The topological polar surface area (TPSA) is 59.4 Å². The smallest absolute Gasteiger partial charge is 0.349 e. The summed E-state index contributed by atoms with van der Waals surface area (Å²) in [5, 5.41) is 8.31. The first kappa shape index (κ1) is 14.2. The number of halogens is 4. The van der Waals surface area contributed by atoms with Crippen LogP contribution in [0.25, 0.3) is 0 Å². The third-order valence-corrected chi connectivity index (χ3v) is 3.68. The molecule has 1 N–H and O–H groups in total. The fraction of sp³-hybridized carbons (Fsp3) is 0. The molecular formula is C10H3BrClF2NO3S. The van der Waals surface area contributed by atoms with E-state index in [0.717, 1.165) is 6.07 Å². The van der Waals surface area contributed by atoms with Crippen molar-refractivity contribution in [2.75, 3.05) is 0 Å². The quantitative estimate of drug-likeness (QED) is 0.817. The summed E-state index contributed by atoms with van der Waals surface area (Å²) in [6.07, 6.45) is 0. The molecule has 0 saturated heterocycles. The minimum Gasteiger partial charge on any atom is -0.477 e. The van der Waals surface area contributed by atoms with Gasteiger partial charge in [0.25, 0.3) is 5.19 Å². The lowest BCUT2D eigenvalue weighted by Gasteiger charge is -2.04. The predicted octanol–water partition coefficient (Wildman–Crippen LogP) is 4.33. The molecule has 0 atom stereocenters. The standard InChI is InChI=1S/C10H3BrClF2NO3S/c11-3-1-4(13)6(14)5(2-3)18-10-15-8(12)7(19-10)9(16)17/h1-2H,(H,16,17). The molecule has 0 radical (unpaired) electrons. The lowest BCUT2D eigenvalue weighted by molar-refractivity contribution is 0.0702. The second kappa shape index (κ2) is 5.40. The van der Waals surface area contributed by atoms with Gasteiger partial charge in [0.2, 0.25) is 5.82 Å². The molecule has 19 heavy (non-hydrogen) atoms. The Morgan fingerprint density at radius 1 is 1.47 bits per heavy atom. The van der Waals surface area contributed by atoms with Crippen molar-refractivity contribution in [1.82, 2.24) is 4.98 Å². The highest BCUT2D eigenvalue weighted by Crippen LogP contribution is 2.34. The van der Waals surface area contributed by atoms with E-state index in [1.54, 1.807) is 0 Å². The highest BCUT2D eigenvalue weighted by molar-refractivity contribution is 9.10. The molecule has 2 rings (SSSR count). The molecule has 0 spiro atoms. The number of carbonyl (C=O) groups is 1. The van der Waals surface area contributed by atoms with Crippen LogP contribution in [0.4, 0.5) is 8.78 Å². The molecule has 2 aromatic rings. The number of nitrogens with zero attached hydrogens (tertiary/aromatic N) is 1. The molecular weight excluding hydrogens is 368 g/mol. The Morgan fingerprint density at radius 2 is 2.16 bits per heavy atom. The van der Waals surface area contributed by atoms with Crippen molar-refractivity contribution >= 4 is 44.8 Å². The Kier molecular flexibility index (Phi) is 4.02. The van der Waals surface area contributed by atoms with Gasteiger partial charge in [0, 0.05) is 4.47 Å². The van der Waals surface area contributed by atoms with Crippen LogP contribution < -0.4 is 4.74 Å². The first-order valence-corrected chi connectivity index (χ1v) is 6.59. The number of benzene rings is 1. The van der Waals surface area contributed by atoms with Crippen molar-refractivity contribution in [3.8, 4) is 10.9 Å². The first-order chi connectivity index (χ1) is 8.88. The molecule has 0 bridgehead atoms. The van der Waals surface area contributed by atoms with E-state index in [0.29, 0.717) is 11.3 Å². The van der Waals surface area contributed by atoms with Crippen LogP contribution in [0.1, 0.15) is 9.67 Å². The summed E-state index contributed by atoms with van der Waals surface area (Å²) in [5.74, 6) is -4.01. The maximum atomic E-state index is 13.4. The van der Waals surface area contributed by atoms with Crippen molar-refractivity contribution < 1.29 is 23.4 Å². The van der Waals surface area contributed by atoms with Gasteiger partial charge in [0.05, 0.1) is 0 Å². The van der Waals surface area contributed by atoms with Gasteiger partial charge < -0.3 is 9.84 Å². The Labute approximate surface area is 122 Å². The van der Waals surface area contributed by atoms with Gasteiger partial charge >= 0.3 is 5.97 Å². The van der Waals surface area contributed by atoms with E-state index >= 15 is 0 Å². The molecule has 100 valence electrons. The summed E-state index contributed by atoms with van der Waals surface area (Å²) < 4.78 is 31.8. The second-order valence-electron chi connectivity index (χ2n) is 3.21. The molecule has 9 heteroatoms. The molecule has 1 aromatic carbocycles. The highest BCUT2D eigenvalue weighted by Gasteiger charge is 2.19. The van der Waals surface area contributed by atoms with Crippen molar-refractivity contribution in [3.05, 3.63) is 38.3 Å². The van der Waals surface area contributed by atoms with Crippen molar-refractivity contribution in [3.63, 3.8) is 0 Å². The number of carboxylic acid groups (broad SMARTS) is 1. The number of rotatable bonds is 3. The number of hydrogen-bond acceptors (Lipinski definition) is 4. The third-order valence-electron chi connectivity index (χ3n) is 1.92. The number of aromatic nitrogens is 1. The van der Waals surface area contributed by atoms with Crippen LogP contribution in [0.3, 0.4) is 0 Å². The normalized spacial score (nSPS) is 10.5. The fourth-order valence-corrected chi connectivity index (χ4v) is 2.55. The van der Waals surface area contributed by atoms with E-state index in [2.05, 4.69) is 20.9 Å². The molecule has 1 aromatic heterocycles. The van der Waals surface area contributed by atoms with Gasteiger partial charge in [-0.1, -0.05) is 38.9 Å². The number of aromatic carboxylic acids is 1. The van der Waals surface area contributed by atoms with E-state index in [4.69, 9.17) is 21.4 Å². The molecule has 0 amide bonds. The summed E-state index contributed by atoms with van der Waals surface area (Å²) >= 11 is 9.16. The van der Waals surface area contributed by atoms with Gasteiger partial charge in [0.1, 0.15) is 0 Å². The highest BCUT2D eigenvalue weighted by atomic mass is 79.9. The van der Waals surface area contributed by atoms with Crippen molar-refractivity contribution in [2.24, 2.45) is 0 Å². The summed E-state index contributed by atoms with van der Waals surface area (Å²) in [7, 11) is 0. The Morgan fingerprint density at radius 3 is 2.74 bits per heavy atom. The van der Waals surface area contributed by atoms with Crippen LogP contribution in [-0.4, -0.2) is 16.1 Å². The molecule has 0 fully saturated rings. The zero-order chi connectivity index (χ0) is 14.2. The van der Waals surface area contributed by atoms with E-state index in [9.17, 15) is 13.6 Å². The van der Waals surface area contributed by atoms with Crippen molar-refractivity contribution in [1.29, 1.82) is 0 Å².